The Morgan fingerprint density at radius 2 is 1.73 bits per heavy atom. The molecule has 0 fully saturated rings. The molecule has 0 saturated carbocycles. The zero-order chi connectivity index (χ0) is 18.6. The molecule has 0 aliphatic rings. The normalized spacial score (nSPS) is 10.7. The number of hydrogen-bond donors (Lipinski definition) is 2. The number of nitrogens with two attached hydrogens (primary N) is 1. The second-order valence-electron chi connectivity index (χ2n) is 6.71. The zero-order valence-corrected chi connectivity index (χ0v) is 16.7. The third-order valence-corrected chi connectivity index (χ3v) is 4.36. The van der Waals surface area contributed by atoms with Crippen LogP contribution in [0.1, 0.15) is 35.3 Å². The summed E-state index contributed by atoms with van der Waals surface area (Å²) in [5.41, 5.74) is 8.65. The summed E-state index contributed by atoms with van der Waals surface area (Å²) in [5, 5.41) is 3.01. The molecular formula is C20H27ClN2O3. The predicted octanol–water partition coefficient (Wildman–Crippen LogP) is 3.72. The van der Waals surface area contributed by atoms with Crippen LogP contribution in [0.2, 0.25) is 0 Å². The topological polar surface area (TPSA) is 73.6 Å². The van der Waals surface area contributed by atoms with E-state index in [-0.39, 0.29) is 23.7 Å². The lowest BCUT2D eigenvalue weighted by Gasteiger charge is -2.26. The van der Waals surface area contributed by atoms with E-state index < -0.39 is 0 Å². The van der Waals surface area contributed by atoms with Gasteiger partial charge in [-0.3, -0.25) is 4.79 Å². The highest BCUT2D eigenvalue weighted by atomic mass is 35.5. The van der Waals surface area contributed by atoms with E-state index in [0.29, 0.717) is 29.3 Å². The van der Waals surface area contributed by atoms with Gasteiger partial charge in [0.2, 0.25) is 0 Å². The molecule has 0 aliphatic carbocycles. The van der Waals surface area contributed by atoms with Gasteiger partial charge in [-0.05, 0) is 42.3 Å². The van der Waals surface area contributed by atoms with Gasteiger partial charge in [-0.15, -0.1) is 12.4 Å². The number of rotatable bonds is 6. The van der Waals surface area contributed by atoms with Crippen molar-refractivity contribution in [1.82, 2.24) is 5.32 Å². The van der Waals surface area contributed by atoms with Crippen LogP contribution in [0.15, 0.2) is 36.4 Å². The monoisotopic (exact) mass is 378 g/mol. The number of ether oxygens (including phenoxy) is 2. The highest BCUT2D eigenvalue weighted by Gasteiger charge is 2.23. The minimum atomic E-state index is -0.274. The first-order valence-electron chi connectivity index (χ1n) is 8.15. The average molecular weight is 379 g/mol. The van der Waals surface area contributed by atoms with Crippen molar-refractivity contribution in [3.05, 3.63) is 53.1 Å². The van der Waals surface area contributed by atoms with Crippen molar-refractivity contribution in [2.45, 2.75) is 26.2 Å². The number of halogens is 1. The summed E-state index contributed by atoms with van der Waals surface area (Å²) in [6.45, 7) is 6.52. The Morgan fingerprint density at radius 1 is 1.08 bits per heavy atom. The number of nitrogen functional groups attached to an aromatic ring is 1. The van der Waals surface area contributed by atoms with Gasteiger partial charge in [0.05, 0.1) is 14.2 Å². The molecule has 0 aliphatic heterocycles. The van der Waals surface area contributed by atoms with Crippen LogP contribution in [-0.4, -0.2) is 26.7 Å². The molecule has 0 heterocycles. The third kappa shape index (κ3) is 4.82. The first-order chi connectivity index (χ1) is 11.8. The smallest absolute Gasteiger partial charge is 0.251 e. The van der Waals surface area contributed by atoms with Gasteiger partial charge in [0.25, 0.3) is 5.91 Å². The maximum absolute atomic E-state index is 12.5. The van der Waals surface area contributed by atoms with Crippen LogP contribution >= 0.6 is 12.4 Å². The van der Waals surface area contributed by atoms with Crippen molar-refractivity contribution in [3.63, 3.8) is 0 Å². The molecule has 0 radical (unpaired) electrons. The van der Waals surface area contributed by atoms with Crippen LogP contribution in [0.4, 0.5) is 5.69 Å². The molecular weight excluding hydrogens is 352 g/mol. The molecule has 0 saturated heterocycles. The molecule has 1 amide bonds. The minimum absolute atomic E-state index is 0. The first kappa shape index (κ1) is 21.6. The number of carbonyl (C=O) groups excluding carboxylic acids is 1. The van der Waals surface area contributed by atoms with Crippen LogP contribution in [0.25, 0.3) is 0 Å². The molecule has 0 aromatic heterocycles. The van der Waals surface area contributed by atoms with Crippen molar-refractivity contribution < 1.29 is 14.3 Å². The van der Waals surface area contributed by atoms with E-state index in [1.807, 2.05) is 31.2 Å². The van der Waals surface area contributed by atoms with Gasteiger partial charge in [-0.1, -0.05) is 26.0 Å². The Bertz CT molecular complexity index is 776. The Balaban J connectivity index is 0.00000338. The maximum atomic E-state index is 12.5. The van der Waals surface area contributed by atoms with Gasteiger partial charge >= 0.3 is 0 Å². The van der Waals surface area contributed by atoms with E-state index in [1.54, 1.807) is 26.4 Å². The summed E-state index contributed by atoms with van der Waals surface area (Å²) >= 11 is 0. The number of amides is 1. The van der Waals surface area contributed by atoms with Crippen molar-refractivity contribution in [3.8, 4) is 11.5 Å². The number of anilines is 1. The van der Waals surface area contributed by atoms with E-state index in [9.17, 15) is 4.79 Å². The van der Waals surface area contributed by atoms with Gasteiger partial charge in [0.1, 0.15) is 0 Å². The summed E-state index contributed by atoms with van der Waals surface area (Å²) in [5.74, 6) is 1.23. The van der Waals surface area contributed by atoms with E-state index in [1.165, 1.54) is 0 Å². The van der Waals surface area contributed by atoms with Gasteiger partial charge in [0, 0.05) is 23.2 Å². The highest BCUT2D eigenvalue weighted by Crippen LogP contribution is 2.33. The molecule has 0 atom stereocenters. The molecule has 2 aromatic carbocycles. The fraction of sp³-hybridized carbons (Fsp3) is 0.350. The molecule has 0 spiro atoms. The molecule has 3 N–H and O–H groups in total. The number of methoxy groups -OCH3 is 2. The number of aryl methyl sites for hydroxylation is 1. The molecule has 6 heteroatoms. The lowest BCUT2D eigenvalue weighted by molar-refractivity contribution is 0.0945. The summed E-state index contributed by atoms with van der Waals surface area (Å²) in [4.78, 5) is 12.5. The van der Waals surface area contributed by atoms with E-state index in [0.717, 1.165) is 11.1 Å². The predicted molar refractivity (Wildman–Crippen MR) is 108 cm³/mol. The summed E-state index contributed by atoms with van der Waals surface area (Å²) in [6, 6.07) is 11.1. The fourth-order valence-corrected chi connectivity index (χ4v) is 2.64. The third-order valence-electron chi connectivity index (χ3n) is 4.36. The second-order valence-corrected chi connectivity index (χ2v) is 6.71. The standard InChI is InChI=1S/C20H26N2O3.ClH/c1-13-6-8-15(21)11-16(13)19(23)22-12-20(2,3)14-7-9-17(24-4)18(10-14)25-5;/h6-11H,12,21H2,1-5H3,(H,22,23);1H. The SMILES string of the molecule is COc1ccc(C(C)(C)CNC(=O)c2cc(N)ccc2C)cc1OC.Cl. The quantitative estimate of drug-likeness (QED) is 0.751. The zero-order valence-electron chi connectivity index (χ0n) is 15.9. The van der Waals surface area contributed by atoms with Crippen molar-refractivity contribution in [2.24, 2.45) is 0 Å². The molecule has 5 nitrogen and oxygen atoms in total. The Morgan fingerprint density at radius 3 is 2.35 bits per heavy atom. The molecule has 2 rings (SSSR count). The van der Waals surface area contributed by atoms with Crippen molar-refractivity contribution >= 4 is 24.0 Å². The summed E-state index contributed by atoms with van der Waals surface area (Å²) < 4.78 is 10.6. The lowest BCUT2D eigenvalue weighted by atomic mass is 9.84. The van der Waals surface area contributed by atoms with Crippen molar-refractivity contribution in [2.75, 3.05) is 26.5 Å². The number of benzene rings is 2. The maximum Gasteiger partial charge on any atom is 0.251 e. The van der Waals surface area contributed by atoms with Crippen LogP contribution in [0, 0.1) is 6.92 Å². The fourth-order valence-electron chi connectivity index (χ4n) is 2.64. The van der Waals surface area contributed by atoms with Crippen LogP contribution in [-0.2, 0) is 5.41 Å². The van der Waals surface area contributed by atoms with Gasteiger partial charge in [-0.2, -0.15) is 0 Å². The van der Waals surface area contributed by atoms with Gasteiger partial charge < -0.3 is 20.5 Å². The first-order valence-corrected chi connectivity index (χ1v) is 8.15. The Labute approximate surface area is 161 Å². The molecule has 0 unspecified atom stereocenters. The average Bonchev–Trinajstić information content (AvgIpc) is 2.61. The van der Waals surface area contributed by atoms with Crippen molar-refractivity contribution in [1.29, 1.82) is 0 Å². The lowest BCUT2D eigenvalue weighted by Crippen LogP contribution is -2.37. The molecule has 0 bridgehead atoms. The number of carbonyl (C=O) groups is 1. The molecule has 142 valence electrons. The van der Waals surface area contributed by atoms with Gasteiger partial charge in [0.15, 0.2) is 11.5 Å². The van der Waals surface area contributed by atoms with Crippen LogP contribution in [0.3, 0.4) is 0 Å². The van der Waals surface area contributed by atoms with Gasteiger partial charge in [-0.25, -0.2) is 0 Å². The summed E-state index contributed by atoms with van der Waals surface area (Å²) in [6.07, 6.45) is 0. The number of nitrogens with one attached hydrogen (secondary N) is 1. The van der Waals surface area contributed by atoms with E-state index in [4.69, 9.17) is 15.2 Å². The summed E-state index contributed by atoms with van der Waals surface area (Å²) in [7, 11) is 3.22. The number of hydrogen-bond acceptors (Lipinski definition) is 4. The van der Waals surface area contributed by atoms with E-state index >= 15 is 0 Å². The van der Waals surface area contributed by atoms with Crippen LogP contribution < -0.4 is 20.5 Å². The second kappa shape index (κ2) is 8.81. The highest BCUT2D eigenvalue weighted by molar-refractivity contribution is 5.96. The van der Waals surface area contributed by atoms with Crippen LogP contribution in [0.5, 0.6) is 11.5 Å². The Kier molecular flexibility index (Phi) is 7.33. The Hall–Kier alpha value is -2.40. The minimum Gasteiger partial charge on any atom is -0.493 e. The molecule has 2 aromatic rings. The molecule has 26 heavy (non-hydrogen) atoms. The van der Waals surface area contributed by atoms with E-state index in [2.05, 4.69) is 19.2 Å². The largest absolute Gasteiger partial charge is 0.493 e.